The molecule has 0 fully saturated rings. The molecule has 0 saturated carbocycles. The Morgan fingerprint density at radius 1 is 1.14 bits per heavy atom. The lowest BCUT2D eigenvalue weighted by Gasteiger charge is -2.09. The van der Waals surface area contributed by atoms with Crippen molar-refractivity contribution >= 4 is 11.6 Å². The molecule has 2 aromatic carbocycles. The molecule has 110 valence electrons. The summed E-state index contributed by atoms with van der Waals surface area (Å²) in [6.45, 7) is 2.46. The van der Waals surface area contributed by atoms with Gasteiger partial charge in [0.1, 0.15) is 5.75 Å². The fraction of sp³-hybridized carbons (Fsp3) is 0.235. The predicted molar refractivity (Wildman–Crippen MR) is 82.3 cm³/mol. The molecule has 2 rings (SSSR count). The van der Waals surface area contributed by atoms with Gasteiger partial charge in [0.15, 0.2) is 0 Å². The van der Waals surface area contributed by atoms with Crippen molar-refractivity contribution in [1.29, 1.82) is 0 Å². The first-order valence-corrected chi connectivity index (χ1v) is 6.93. The number of anilines is 1. The molecule has 4 heteroatoms. The third-order valence-electron chi connectivity index (χ3n) is 3.06. The van der Waals surface area contributed by atoms with Crippen molar-refractivity contribution in [3.63, 3.8) is 0 Å². The van der Waals surface area contributed by atoms with Crippen LogP contribution >= 0.6 is 0 Å². The Kier molecular flexibility index (Phi) is 5.35. The van der Waals surface area contributed by atoms with Crippen molar-refractivity contribution in [1.82, 2.24) is 0 Å². The Morgan fingerprint density at radius 2 is 1.86 bits per heavy atom. The normalized spacial score (nSPS) is 10.2. The zero-order valence-corrected chi connectivity index (χ0v) is 12.0. The third-order valence-corrected chi connectivity index (χ3v) is 3.06. The van der Waals surface area contributed by atoms with Gasteiger partial charge in [-0.1, -0.05) is 30.3 Å². The van der Waals surface area contributed by atoms with Crippen molar-refractivity contribution in [2.45, 2.75) is 20.0 Å². The minimum atomic E-state index is -0.111. The fourth-order valence-corrected chi connectivity index (χ4v) is 2.03. The molecule has 0 aromatic heterocycles. The summed E-state index contributed by atoms with van der Waals surface area (Å²) in [5.41, 5.74) is 2.27. The highest BCUT2D eigenvalue weighted by Crippen LogP contribution is 2.16. The first kappa shape index (κ1) is 15.1. The van der Waals surface area contributed by atoms with Crippen LogP contribution in [0.5, 0.6) is 5.75 Å². The summed E-state index contributed by atoms with van der Waals surface area (Å²) in [6.07, 6.45) is 0.284. The zero-order valence-electron chi connectivity index (χ0n) is 12.0. The maximum atomic E-state index is 12.0. The molecule has 4 nitrogen and oxygen atoms in total. The van der Waals surface area contributed by atoms with Crippen molar-refractivity contribution < 1.29 is 14.6 Å². The van der Waals surface area contributed by atoms with Crippen molar-refractivity contribution in [3.8, 4) is 5.75 Å². The molecular formula is C17H19NO3. The highest BCUT2D eigenvalue weighted by Gasteiger charge is 2.07. The van der Waals surface area contributed by atoms with Crippen LogP contribution in [0.2, 0.25) is 0 Å². The minimum Gasteiger partial charge on any atom is -0.494 e. The van der Waals surface area contributed by atoms with E-state index in [1.807, 2.05) is 43.3 Å². The van der Waals surface area contributed by atoms with Gasteiger partial charge in [0, 0.05) is 11.3 Å². The minimum absolute atomic E-state index is 0.0977. The Labute approximate surface area is 124 Å². The highest BCUT2D eigenvalue weighted by atomic mass is 16.5. The molecule has 0 unspecified atom stereocenters. The summed E-state index contributed by atoms with van der Waals surface area (Å²) >= 11 is 0. The smallest absolute Gasteiger partial charge is 0.228 e. The molecule has 0 radical (unpaired) electrons. The molecule has 0 aliphatic heterocycles. The van der Waals surface area contributed by atoms with Gasteiger partial charge in [-0.3, -0.25) is 4.79 Å². The van der Waals surface area contributed by atoms with E-state index >= 15 is 0 Å². The summed E-state index contributed by atoms with van der Waals surface area (Å²) in [4.78, 5) is 12.0. The number of aliphatic hydroxyl groups excluding tert-OH is 1. The summed E-state index contributed by atoms with van der Waals surface area (Å²) < 4.78 is 5.36. The van der Waals surface area contributed by atoms with E-state index in [0.717, 1.165) is 11.3 Å². The highest BCUT2D eigenvalue weighted by molar-refractivity contribution is 5.92. The first-order valence-electron chi connectivity index (χ1n) is 6.93. The molecule has 0 saturated heterocycles. The number of rotatable bonds is 6. The van der Waals surface area contributed by atoms with Crippen LogP contribution in [0.25, 0.3) is 0 Å². The Hall–Kier alpha value is -2.33. The number of carbonyl (C=O) groups excluding carboxylic acids is 1. The van der Waals surface area contributed by atoms with E-state index in [-0.39, 0.29) is 18.9 Å². The van der Waals surface area contributed by atoms with Crippen molar-refractivity contribution in [2.24, 2.45) is 0 Å². The molecule has 1 amide bonds. The van der Waals surface area contributed by atoms with Gasteiger partial charge in [-0.2, -0.15) is 0 Å². The number of hydrogen-bond donors (Lipinski definition) is 2. The van der Waals surface area contributed by atoms with Gasteiger partial charge in [0.25, 0.3) is 0 Å². The van der Waals surface area contributed by atoms with E-state index in [1.165, 1.54) is 0 Å². The van der Waals surface area contributed by atoms with Crippen LogP contribution < -0.4 is 10.1 Å². The van der Waals surface area contributed by atoms with Gasteiger partial charge in [-0.05, 0) is 30.7 Å². The molecule has 0 atom stereocenters. The molecule has 0 aliphatic rings. The maximum Gasteiger partial charge on any atom is 0.228 e. The quantitative estimate of drug-likeness (QED) is 0.858. The van der Waals surface area contributed by atoms with E-state index in [4.69, 9.17) is 4.74 Å². The first-order chi connectivity index (χ1) is 10.2. The lowest BCUT2D eigenvalue weighted by Crippen LogP contribution is -2.15. The van der Waals surface area contributed by atoms with Gasteiger partial charge in [0.05, 0.1) is 19.6 Å². The van der Waals surface area contributed by atoms with Crippen LogP contribution in [0.15, 0.2) is 48.5 Å². The topological polar surface area (TPSA) is 58.6 Å². The second kappa shape index (κ2) is 7.45. The third kappa shape index (κ3) is 4.33. The van der Waals surface area contributed by atoms with Gasteiger partial charge < -0.3 is 15.2 Å². The molecule has 0 aliphatic carbocycles. The van der Waals surface area contributed by atoms with Crippen LogP contribution in [0.3, 0.4) is 0 Å². The van der Waals surface area contributed by atoms with Crippen LogP contribution in [0.1, 0.15) is 18.1 Å². The number of ether oxygens (including phenoxy) is 1. The van der Waals surface area contributed by atoms with Gasteiger partial charge in [-0.15, -0.1) is 0 Å². The summed E-state index contributed by atoms with van der Waals surface area (Å²) in [6, 6.07) is 14.7. The second-order valence-electron chi connectivity index (χ2n) is 4.62. The average Bonchev–Trinajstić information content (AvgIpc) is 2.50. The number of para-hydroxylation sites is 1. The lowest BCUT2D eigenvalue weighted by molar-refractivity contribution is -0.115. The average molecular weight is 285 g/mol. The Bertz CT molecular complexity index is 593. The van der Waals surface area contributed by atoms with Crippen molar-refractivity contribution in [3.05, 3.63) is 59.7 Å². The van der Waals surface area contributed by atoms with E-state index < -0.39 is 0 Å². The van der Waals surface area contributed by atoms with E-state index in [2.05, 4.69) is 5.32 Å². The number of carbonyl (C=O) groups is 1. The number of hydrogen-bond acceptors (Lipinski definition) is 3. The van der Waals surface area contributed by atoms with Crippen LogP contribution in [0, 0.1) is 0 Å². The Morgan fingerprint density at radius 3 is 2.52 bits per heavy atom. The van der Waals surface area contributed by atoms with Crippen LogP contribution in [-0.2, 0) is 17.8 Å². The van der Waals surface area contributed by atoms with Gasteiger partial charge in [-0.25, -0.2) is 0 Å². The number of amides is 1. The summed E-state index contributed by atoms with van der Waals surface area (Å²) in [5, 5.41) is 12.1. The van der Waals surface area contributed by atoms with E-state index in [9.17, 15) is 9.90 Å². The lowest BCUT2D eigenvalue weighted by atomic mass is 10.1. The molecule has 2 N–H and O–H groups in total. The van der Waals surface area contributed by atoms with Crippen LogP contribution in [0.4, 0.5) is 5.69 Å². The second-order valence-corrected chi connectivity index (χ2v) is 4.62. The maximum absolute atomic E-state index is 12.0. The van der Waals surface area contributed by atoms with Crippen molar-refractivity contribution in [2.75, 3.05) is 11.9 Å². The monoisotopic (exact) mass is 285 g/mol. The van der Waals surface area contributed by atoms with Crippen LogP contribution in [-0.4, -0.2) is 17.6 Å². The SMILES string of the molecule is CCOc1ccc(CC(=O)Nc2ccccc2CO)cc1. The summed E-state index contributed by atoms with van der Waals surface area (Å²) in [5.74, 6) is 0.687. The standard InChI is InChI=1S/C17H19NO3/c1-2-21-15-9-7-13(8-10-15)11-17(20)18-16-6-4-3-5-14(16)12-19/h3-10,19H,2,11-12H2,1H3,(H,18,20). The number of nitrogens with one attached hydrogen (secondary N) is 1. The number of benzene rings is 2. The largest absolute Gasteiger partial charge is 0.494 e. The van der Waals surface area contributed by atoms with E-state index in [0.29, 0.717) is 17.9 Å². The fourth-order valence-electron chi connectivity index (χ4n) is 2.03. The number of aliphatic hydroxyl groups is 1. The molecule has 0 heterocycles. The molecular weight excluding hydrogens is 266 g/mol. The predicted octanol–water partition coefficient (Wildman–Crippen LogP) is 2.76. The van der Waals surface area contributed by atoms with Gasteiger partial charge in [0.2, 0.25) is 5.91 Å². The zero-order chi connectivity index (χ0) is 15.1. The molecule has 0 bridgehead atoms. The Balaban J connectivity index is 1.98. The molecule has 0 spiro atoms. The molecule has 21 heavy (non-hydrogen) atoms. The molecule has 2 aromatic rings. The van der Waals surface area contributed by atoms with E-state index in [1.54, 1.807) is 12.1 Å². The van der Waals surface area contributed by atoms with Gasteiger partial charge >= 0.3 is 0 Å². The summed E-state index contributed by atoms with van der Waals surface area (Å²) in [7, 11) is 0.